The van der Waals surface area contributed by atoms with Crippen molar-refractivity contribution in [3.8, 4) is 0 Å². The van der Waals surface area contributed by atoms with Crippen LogP contribution in [-0.2, 0) is 6.42 Å². The van der Waals surface area contributed by atoms with Crippen LogP contribution in [-0.4, -0.2) is 54.3 Å². The smallest absolute Gasteiger partial charge is 0.254 e. The Labute approximate surface area is 172 Å². The van der Waals surface area contributed by atoms with Crippen LogP contribution < -0.4 is 5.73 Å². The van der Waals surface area contributed by atoms with Crippen LogP contribution >= 0.6 is 0 Å². The Kier molecular flexibility index (Phi) is 5.67. The fraction of sp³-hybridized carbons (Fsp3) is 0.417. The van der Waals surface area contributed by atoms with Crippen LogP contribution in [0.2, 0.25) is 0 Å². The molecular formula is C24H29N3O2. The number of rotatable bonds is 6. The van der Waals surface area contributed by atoms with Gasteiger partial charge in [-0.2, -0.15) is 0 Å². The van der Waals surface area contributed by atoms with Gasteiger partial charge in [-0.15, -0.1) is 0 Å². The second kappa shape index (κ2) is 8.37. The Morgan fingerprint density at radius 2 is 1.59 bits per heavy atom. The molecule has 2 N–H and O–H groups in total. The second-order valence-corrected chi connectivity index (χ2v) is 8.42. The number of fused-ring (bicyclic) bond motifs is 1. The Morgan fingerprint density at radius 3 is 2.24 bits per heavy atom. The summed E-state index contributed by atoms with van der Waals surface area (Å²) < 4.78 is 0. The number of carbonyl (C=O) groups is 2. The highest BCUT2D eigenvalue weighted by molar-refractivity contribution is 6.01. The van der Waals surface area contributed by atoms with Crippen molar-refractivity contribution in [1.29, 1.82) is 0 Å². The third kappa shape index (κ3) is 4.20. The monoisotopic (exact) mass is 391 g/mol. The van der Waals surface area contributed by atoms with E-state index in [0.29, 0.717) is 28.5 Å². The Morgan fingerprint density at radius 1 is 0.931 bits per heavy atom. The van der Waals surface area contributed by atoms with E-state index in [0.717, 1.165) is 39.1 Å². The van der Waals surface area contributed by atoms with Gasteiger partial charge in [-0.3, -0.25) is 9.59 Å². The first kappa shape index (κ1) is 19.6. The first-order valence-corrected chi connectivity index (χ1v) is 10.5. The number of amides is 2. The van der Waals surface area contributed by atoms with Gasteiger partial charge in [0, 0.05) is 37.3 Å². The highest BCUT2D eigenvalue weighted by Gasteiger charge is 2.41. The van der Waals surface area contributed by atoms with Crippen LogP contribution in [0.25, 0.3) is 0 Å². The predicted octanol–water partition coefficient (Wildman–Crippen LogP) is 2.73. The lowest BCUT2D eigenvalue weighted by Gasteiger charge is -2.22. The maximum atomic E-state index is 13.0. The van der Waals surface area contributed by atoms with Gasteiger partial charge in [0.15, 0.2) is 0 Å². The van der Waals surface area contributed by atoms with Gasteiger partial charge < -0.3 is 15.5 Å². The lowest BCUT2D eigenvalue weighted by Crippen LogP contribution is -2.34. The van der Waals surface area contributed by atoms with Crippen molar-refractivity contribution in [2.24, 2.45) is 17.6 Å². The molecule has 0 saturated carbocycles. The number of benzene rings is 2. The standard InChI is InChI=1S/C24H29N3O2/c1-17-21(23(25)28)10-5-11-22(17)24(29)27-15-19-13-26(14-20(19)16-27)12-6-9-18-7-3-2-4-8-18/h2-5,7-8,10-11,19-20H,6,9,12-16H2,1H3,(H2,25,28)/t19-,20?/m0/s1. The highest BCUT2D eigenvalue weighted by atomic mass is 16.2. The lowest BCUT2D eigenvalue weighted by molar-refractivity contribution is 0.0773. The van der Waals surface area contributed by atoms with Gasteiger partial charge in [0.05, 0.1) is 0 Å². The first-order chi connectivity index (χ1) is 14.0. The maximum Gasteiger partial charge on any atom is 0.254 e. The van der Waals surface area contributed by atoms with Gasteiger partial charge in [0.2, 0.25) is 5.91 Å². The van der Waals surface area contributed by atoms with E-state index in [-0.39, 0.29) is 5.91 Å². The number of nitrogens with two attached hydrogens (primary N) is 1. The molecule has 2 aliphatic rings. The topological polar surface area (TPSA) is 66.6 Å². The predicted molar refractivity (Wildman–Crippen MR) is 114 cm³/mol. The van der Waals surface area contributed by atoms with Crippen molar-refractivity contribution < 1.29 is 9.59 Å². The summed E-state index contributed by atoms with van der Waals surface area (Å²) in [5.41, 5.74) is 8.55. The van der Waals surface area contributed by atoms with Crippen molar-refractivity contribution in [2.45, 2.75) is 19.8 Å². The summed E-state index contributed by atoms with van der Waals surface area (Å²) in [7, 11) is 0. The van der Waals surface area contributed by atoms with Gasteiger partial charge in [-0.1, -0.05) is 36.4 Å². The van der Waals surface area contributed by atoms with Gasteiger partial charge in [0.25, 0.3) is 5.91 Å². The van der Waals surface area contributed by atoms with Gasteiger partial charge in [-0.05, 0) is 61.4 Å². The fourth-order valence-electron chi connectivity index (χ4n) is 4.89. The van der Waals surface area contributed by atoms with Crippen molar-refractivity contribution >= 4 is 11.8 Å². The molecule has 2 heterocycles. The van der Waals surface area contributed by atoms with E-state index in [1.54, 1.807) is 25.1 Å². The van der Waals surface area contributed by atoms with E-state index in [2.05, 4.69) is 35.2 Å². The van der Waals surface area contributed by atoms with E-state index in [9.17, 15) is 9.59 Å². The first-order valence-electron chi connectivity index (χ1n) is 10.5. The van der Waals surface area contributed by atoms with Gasteiger partial charge in [-0.25, -0.2) is 0 Å². The summed E-state index contributed by atoms with van der Waals surface area (Å²) >= 11 is 0. The minimum atomic E-state index is -0.485. The van der Waals surface area contributed by atoms with Crippen molar-refractivity contribution in [1.82, 2.24) is 9.80 Å². The molecule has 4 rings (SSSR count). The molecule has 2 atom stereocenters. The minimum absolute atomic E-state index is 0.0237. The van der Waals surface area contributed by atoms with Crippen LogP contribution in [0.15, 0.2) is 48.5 Å². The summed E-state index contributed by atoms with van der Waals surface area (Å²) in [6, 6.07) is 15.9. The fourth-order valence-corrected chi connectivity index (χ4v) is 4.89. The number of nitrogens with zero attached hydrogens (tertiary/aromatic N) is 2. The average Bonchev–Trinajstić information content (AvgIpc) is 3.27. The molecule has 0 aromatic heterocycles. The maximum absolute atomic E-state index is 13.0. The number of carbonyl (C=O) groups excluding carboxylic acids is 2. The molecule has 152 valence electrons. The molecule has 2 saturated heterocycles. The molecule has 5 heteroatoms. The molecule has 1 unspecified atom stereocenters. The van der Waals surface area contributed by atoms with Crippen LogP contribution in [0, 0.1) is 18.8 Å². The molecule has 2 amide bonds. The molecule has 0 aliphatic carbocycles. The minimum Gasteiger partial charge on any atom is -0.366 e. The van der Waals surface area contributed by atoms with Crippen LogP contribution in [0.5, 0.6) is 0 Å². The van der Waals surface area contributed by atoms with E-state index >= 15 is 0 Å². The van der Waals surface area contributed by atoms with Gasteiger partial charge >= 0.3 is 0 Å². The molecule has 2 aliphatic heterocycles. The number of hydrogen-bond donors (Lipinski definition) is 1. The van der Waals surface area contributed by atoms with E-state index in [1.165, 1.54) is 12.0 Å². The SMILES string of the molecule is Cc1c(C(N)=O)cccc1C(=O)N1CC2CN(CCCc3ccccc3)C[C@H]2C1. The van der Waals surface area contributed by atoms with E-state index in [4.69, 9.17) is 5.73 Å². The summed E-state index contributed by atoms with van der Waals surface area (Å²) in [6.07, 6.45) is 2.29. The summed E-state index contributed by atoms with van der Waals surface area (Å²) in [5.74, 6) is 0.642. The number of likely N-dealkylation sites (tertiary alicyclic amines) is 2. The number of hydrogen-bond acceptors (Lipinski definition) is 3. The van der Waals surface area contributed by atoms with Crippen LogP contribution in [0.3, 0.4) is 0 Å². The quantitative estimate of drug-likeness (QED) is 0.823. The third-order valence-corrected chi connectivity index (χ3v) is 6.46. The summed E-state index contributed by atoms with van der Waals surface area (Å²) in [4.78, 5) is 29.1. The average molecular weight is 392 g/mol. The van der Waals surface area contributed by atoms with E-state index < -0.39 is 5.91 Å². The zero-order valence-electron chi connectivity index (χ0n) is 17.0. The highest BCUT2D eigenvalue weighted by Crippen LogP contribution is 2.32. The molecule has 29 heavy (non-hydrogen) atoms. The largest absolute Gasteiger partial charge is 0.366 e. The molecule has 0 bridgehead atoms. The zero-order valence-corrected chi connectivity index (χ0v) is 17.0. The number of primary amides is 1. The van der Waals surface area contributed by atoms with Crippen molar-refractivity contribution in [2.75, 3.05) is 32.7 Å². The van der Waals surface area contributed by atoms with Crippen molar-refractivity contribution in [3.63, 3.8) is 0 Å². The van der Waals surface area contributed by atoms with Crippen molar-refractivity contribution in [3.05, 3.63) is 70.8 Å². The Bertz CT molecular complexity index is 882. The summed E-state index contributed by atoms with van der Waals surface area (Å²) in [6.45, 7) is 6.68. The third-order valence-electron chi connectivity index (χ3n) is 6.46. The molecular weight excluding hydrogens is 362 g/mol. The molecule has 2 fully saturated rings. The van der Waals surface area contributed by atoms with Crippen LogP contribution in [0.4, 0.5) is 0 Å². The number of aryl methyl sites for hydroxylation is 1. The Balaban J connectivity index is 1.31. The zero-order chi connectivity index (χ0) is 20.4. The molecule has 2 aromatic carbocycles. The molecule has 0 radical (unpaired) electrons. The Hall–Kier alpha value is -2.66. The molecule has 2 aromatic rings. The second-order valence-electron chi connectivity index (χ2n) is 8.42. The summed E-state index contributed by atoms with van der Waals surface area (Å²) in [5, 5.41) is 0. The van der Waals surface area contributed by atoms with Gasteiger partial charge in [0.1, 0.15) is 0 Å². The van der Waals surface area contributed by atoms with E-state index in [1.807, 2.05) is 4.90 Å². The normalized spacial score (nSPS) is 21.3. The lowest BCUT2D eigenvalue weighted by atomic mass is 10.0. The molecule has 0 spiro atoms. The van der Waals surface area contributed by atoms with Crippen LogP contribution in [0.1, 0.15) is 38.3 Å². The molecule has 5 nitrogen and oxygen atoms in total.